The van der Waals surface area contributed by atoms with Crippen molar-refractivity contribution < 1.29 is 18.1 Å². The fraction of sp³-hybridized carbons (Fsp3) is 0.421. The van der Waals surface area contributed by atoms with E-state index in [1.54, 1.807) is 13.1 Å². The van der Waals surface area contributed by atoms with Crippen molar-refractivity contribution in [2.45, 2.75) is 52.4 Å². The first-order valence-electron chi connectivity index (χ1n) is 9.01. The Morgan fingerprint density at radius 1 is 1.14 bits per heavy atom. The van der Waals surface area contributed by atoms with Gasteiger partial charge in [0.25, 0.3) is 0 Å². The van der Waals surface area contributed by atoms with E-state index >= 15 is 0 Å². The van der Waals surface area contributed by atoms with Crippen molar-refractivity contribution in [1.82, 2.24) is 9.78 Å². The number of aromatic nitrogens is 2. The van der Waals surface area contributed by atoms with Gasteiger partial charge in [-0.05, 0) is 34.6 Å². The Morgan fingerprint density at radius 3 is 2.32 bits per heavy atom. The molecular formula is C19H25BF2N4O2. The highest BCUT2D eigenvalue weighted by Crippen LogP contribution is 2.37. The molecule has 1 saturated heterocycles. The first-order valence-corrected chi connectivity index (χ1v) is 9.01. The maximum Gasteiger partial charge on any atom is 0.497 e. The lowest BCUT2D eigenvalue weighted by Crippen LogP contribution is -2.41. The Morgan fingerprint density at radius 2 is 1.75 bits per heavy atom. The van der Waals surface area contributed by atoms with Crippen molar-refractivity contribution in [3.8, 4) is 11.1 Å². The Hall–Kier alpha value is -2.39. The predicted molar refractivity (Wildman–Crippen MR) is 104 cm³/mol. The average molecular weight is 390 g/mol. The summed E-state index contributed by atoms with van der Waals surface area (Å²) in [4.78, 5) is 0. The molecule has 1 fully saturated rings. The largest absolute Gasteiger partial charge is 0.497 e. The molecule has 1 aliphatic rings. The molecule has 6 nitrogen and oxygen atoms in total. The van der Waals surface area contributed by atoms with E-state index in [1.165, 1.54) is 23.0 Å². The van der Waals surface area contributed by atoms with Gasteiger partial charge < -0.3 is 20.8 Å². The quantitative estimate of drug-likeness (QED) is 0.782. The minimum atomic E-state index is -0.996. The second kappa shape index (κ2) is 6.90. The molecule has 0 atom stereocenters. The molecule has 0 saturated carbocycles. The van der Waals surface area contributed by atoms with Gasteiger partial charge in [0.1, 0.15) is 0 Å². The summed E-state index contributed by atoms with van der Waals surface area (Å²) < 4.78 is 43.0. The summed E-state index contributed by atoms with van der Waals surface area (Å²) in [5, 5.41) is 4.29. The van der Waals surface area contributed by atoms with Gasteiger partial charge in [0.15, 0.2) is 11.6 Å². The zero-order valence-electron chi connectivity index (χ0n) is 16.7. The molecule has 4 N–H and O–H groups in total. The molecule has 0 spiro atoms. The molecule has 0 amide bonds. The second-order valence-corrected chi connectivity index (χ2v) is 7.99. The van der Waals surface area contributed by atoms with Crippen molar-refractivity contribution in [3.05, 3.63) is 47.6 Å². The molecule has 0 unspecified atom stereocenters. The van der Waals surface area contributed by atoms with Crippen molar-refractivity contribution >= 4 is 12.6 Å². The fourth-order valence-electron chi connectivity index (χ4n) is 3.03. The minimum Gasteiger partial charge on any atom is -0.403 e. The third-order valence-electron chi connectivity index (χ3n) is 5.41. The van der Waals surface area contributed by atoms with Gasteiger partial charge >= 0.3 is 7.12 Å². The smallest absolute Gasteiger partial charge is 0.403 e. The zero-order valence-corrected chi connectivity index (χ0v) is 16.7. The number of aryl methyl sites for hydroxylation is 1. The van der Waals surface area contributed by atoms with Crippen LogP contribution in [0.1, 0.15) is 33.4 Å². The lowest BCUT2D eigenvalue weighted by molar-refractivity contribution is 0.00578. The number of benzene rings is 1. The number of allylic oxidation sites excluding steroid dienone is 1. The van der Waals surface area contributed by atoms with Gasteiger partial charge in [-0.3, -0.25) is 4.68 Å². The van der Waals surface area contributed by atoms with Crippen molar-refractivity contribution in [2.24, 2.45) is 11.5 Å². The molecule has 150 valence electrons. The molecule has 0 radical (unpaired) electrons. The highest BCUT2D eigenvalue weighted by atomic mass is 19.2. The molecule has 1 aromatic heterocycles. The standard InChI is InChI=1S/C19H25BF2N4O2/c1-11-14(10-26(25-11)9-12(24)8-23)13-6-7-15(17(22)16(13)21)20-27-18(2,3)19(4,5)28-20/h6-8,10H,9,23-24H2,1-5H3/b12-8-. The van der Waals surface area contributed by atoms with Crippen molar-refractivity contribution in [3.63, 3.8) is 0 Å². The van der Waals surface area contributed by atoms with Crippen LogP contribution < -0.4 is 16.9 Å². The van der Waals surface area contributed by atoms with Crippen molar-refractivity contribution in [1.29, 1.82) is 0 Å². The van der Waals surface area contributed by atoms with Gasteiger partial charge in [0, 0.05) is 34.7 Å². The van der Waals surface area contributed by atoms with E-state index in [2.05, 4.69) is 5.10 Å². The Kier molecular flexibility index (Phi) is 5.01. The molecule has 3 rings (SSSR count). The number of hydrogen-bond donors (Lipinski definition) is 2. The Balaban J connectivity index is 1.96. The van der Waals surface area contributed by atoms with E-state index in [0.717, 1.165) is 0 Å². The minimum absolute atomic E-state index is 0.0280. The van der Waals surface area contributed by atoms with Gasteiger partial charge in [0.2, 0.25) is 0 Å². The molecule has 2 aromatic rings. The van der Waals surface area contributed by atoms with Crippen LogP contribution in [0.15, 0.2) is 30.2 Å². The summed E-state index contributed by atoms with van der Waals surface area (Å²) >= 11 is 0. The zero-order chi connectivity index (χ0) is 20.9. The number of rotatable bonds is 4. The molecular weight excluding hydrogens is 365 g/mol. The third kappa shape index (κ3) is 3.40. The first kappa shape index (κ1) is 20.4. The van der Waals surface area contributed by atoms with Crippen LogP contribution in [0.2, 0.25) is 0 Å². The van der Waals surface area contributed by atoms with Crippen LogP contribution in [0.3, 0.4) is 0 Å². The number of nitrogens with two attached hydrogens (primary N) is 2. The summed E-state index contributed by atoms with van der Waals surface area (Å²) in [5.41, 5.74) is 11.4. The first-order chi connectivity index (χ1) is 13.0. The van der Waals surface area contributed by atoms with Crippen molar-refractivity contribution in [2.75, 3.05) is 0 Å². The summed E-state index contributed by atoms with van der Waals surface area (Å²) in [5.74, 6) is -1.97. The third-order valence-corrected chi connectivity index (χ3v) is 5.41. The lowest BCUT2D eigenvalue weighted by Gasteiger charge is -2.32. The SMILES string of the molecule is Cc1nn(C/C(N)=C/N)cc1-c1ccc(B2OC(C)(C)C(C)(C)O2)c(F)c1F. The van der Waals surface area contributed by atoms with Crippen LogP contribution in [0, 0.1) is 18.6 Å². The maximum atomic E-state index is 14.9. The predicted octanol–water partition coefficient (Wildman–Crippen LogP) is 2.19. The number of halogens is 2. The molecule has 1 aromatic carbocycles. The summed E-state index contributed by atoms with van der Waals surface area (Å²) in [6.45, 7) is 9.40. The molecule has 9 heteroatoms. The molecule has 0 bridgehead atoms. The molecule has 0 aliphatic carbocycles. The summed E-state index contributed by atoms with van der Waals surface area (Å²) in [7, 11) is -0.980. The van der Waals surface area contributed by atoms with E-state index in [1.807, 2.05) is 27.7 Å². The molecule has 28 heavy (non-hydrogen) atoms. The highest BCUT2D eigenvalue weighted by molar-refractivity contribution is 6.62. The highest BCUT2D eigenvalue weighted by Gasteiger charge is 2.52. The van der Waals surface area contributed by atoms with Gasteiger partial charge in [-0.1, -0.05) is 12.1 Å². The normalized spacial score (nSPS) is 18.7. The van der Waals surface area contributed by atoms with E-state index < -0.39 is 30.0 Å². The van der Waals surface area contributed by atoms with Gasteiger partial charge in [-0.25, -0.2) is 8.78 Å². The van der Waals surface area contributed by atoms with Gasteiger partial charge in [-0.15, -0.1) is 0 Å². The van der Waals surface area contributed by atoms with E-state index in [4.69, 9.17) is 20.8 Å². The summed E-state index contributed by atoms with van der Waals surface area (Å²) in [6, 6.07) is 3.00. The lowest BCUT2D eigenvalue weighted by atomic mass is 9.78. The topological polar surface area (TPSA) is 88.3 Å². The van der Waals surface area contributed by atoms with Crippen LogP contribution >= 0.6 is 0 Å². The van der Waals surface area contributed by atoms with Crippen LogP contribution in [-0.2, 0) is 15.9 Å². The van der Waals surface area contributed by atoms with Gasteiger partial charge in [0.05, 0.1) is 23.4 Å². The van der Waals surface area contributed by atoms with E-state index in [9.17, 15) is 8.78 Å². The maximum absolute atomic E-state index is 14.9. The van der Waals surface area contributed by atoms with Crippen LogP contribution in [-0.4, -0.2) is 28.1 Å². The summed E-state index contributed by atoms with van der Waals surface area (Å²) in [6.07, 6.45) is 2.88. The fourth-order valence-corrected chi connectivity index (χ4v) is 3.03. The van der Waals surface area contributed by atoms with Crippen LogP contribution in [0.5, 0.6) is 0 Å². The Bertz CT molecular complexity index is 924. The van der Waals surface area contributed by atoms with E-state index in [-0.39, 0.29) is 17.6 Å². The second-order valence-electron chi connectivity index (χ2n) is 7.99. The monoisotopic (exact) mass is 390 g/mol. The Labute approximate surface area is 163 Å². The number of nitrogens with zero attached hydrogens (tertiary/aromatic N) is 2. The van der Waals surface area contributed by atoms with Crippen LogP contribution in [0.4, 0.5) is 8.78 Å². The number of hydrogen-bond acceptors (Lipinski definition) is 5. The van der Waals surface area contributed by atoms with E-state index in [0.29, 0.717) is 17.0 Å². The van der Waals surface area contributed by atoms with Crippen LogP contribution in [0.25, 0.3) is 11.1 Å². The molecule has 1 aliphatic heterocycles. The van der Waals surface area contributed by atoms with Gasteiger partial charge in [-0.2, -0.15) is 5.10 Å². The average Bonchev–Trinajstić information content (AvgIpc) is 3.05. The molecule has 2 heterocycles.